The van der Waals surface area contributed by atoms with Gasteiger partial charge in [-0.2, -0.15) is 0 Å². The Labute approximate surface area is 311 Å². The lowest BCUT2D eigenvalue weighted by Crippen LogP contribution is -2.51. The fraction of sp³-hybridized carbons (Fsp3) is 0.463. The zero-order valence-electron chi connectivity index (χ0n) is 31.6. The Morgan fingerprint density at radius 2 is 1.75 bits per heavy atom. The number of ether oxygens (including phenoxy) is 5. The van der Waals surface area contributed by atoms with Crippen molar-refractivity contribution in [3.63, 3.8) is 0 Å². The monoisotopic (exact) mass is 729 g/mol. The van der Waals surface area contributed by atoms with Crippen LogP contribution in [0.5, 0.6) is 11.5 Å². The molecule has 0 N–H and O–H groups in total. The molecule has 0 radical (unpaired) electrons. The fourth-order valence-corrected chi connectivity index (χ4v) is 6.77. The maximum absolute atomic E-state index is 14.8. The second-order valence-corrected chi connectivity index (χ2v) is 14.1. The van der Waals surface area contributed by atoms with Gasteiger partial charge in [-0.1, -0.05) is 36.4 Å². The summed E-state index contributed by atoms with van der Waals surface area (Å²) in [6, 6.07) is 21.1. The molecule has 0 aliphatic carbocycles. The van der Waals surface area contributed by atoms with Gasteiger partial charge in [-0.15, -0.1) is 0 Å². The third-order valence-electron chi connectivity index (χ3n) is 9.26. The molecule has 0 unspecified atom stereocenters. The van der Waals surface area contributed by atoms with Crippen LogP contribution in [-0.2, 0) is 28.6 Å². The number of amides is 3. The van der Waals surface area contributed by atoms with Crippen LogP contribution < -0.4 is 19.3 Å². The van der Waals surface area contributed by atoms with Crippen molar-refractivity contribution >= 4 is 35.3 Å². The van der Waals surface area contributed by atoms with E-state index in [1.807, 2.05) is 82.3 Å². The molecule has 0 spiro atoms. The van der Waals surface area contributed by atoms with Gasteiger partial charge < -0.3 is 38.4 Å². The van der Waals surface area contributed by atoms with E-state index in [0.717, 1.165) is 16.7 Å². The topological polar surface area (TPSA) is 124 Å². The van der Waals surface area contributed by atoms with E-state index in [-0.39, 0.29) is 37.5 Å². The summed E-state index contributed by atoms with van der Waals surface area (Å²) in [6.07, 6.45) is 0.753. The summed E-state index contributed by atoms with van der Waals surface area (Å²) in [5.41, 5.74) is 3.45. The molecule has 0 bridgehead atoms. The van der Waals surface area contributed by atoms with Crippen LogP contribution in [0.15, 0.2) is 66.7 Å². The minimum absolute atomic E-state index is 0.0491. The van der Waals surface area contributed by atoms with Gasteiger partial charge >= 0.3 is 12.1 Å². The molecule has 1 saturated heterocycles. The zero-order valence-corrected chi connectivity index (χ0v) is 31.6. The van der Waals surface area contributed by atoms with Crippen LogP contribution in [-0.4, -0.2) is 94.1 Å². The molecule has 12 nitrogen and oxygen atoms in total. The van der Waals surface area contributed by atoms with Crippen molar-refractivity contribution in [2.24, 2.45) is 5.92 Å². The lowest BCUT2D eigenvalue weighted by molar-refractivity contribution is -0.145. The average Bonchev–Trinajstić information content (AvgIpc) is 3.14. The van der Waals surface area contributed by atoms with Crippen molar-refractivity contribution in [3.05, 3.63) is 72.3 Å². The van der Waals surface area contributed by atoms with Crippen molar-refractivity contribution < 1.29 is 42.9 Å². The van der Waals surface area contributed by atoms with E-state index in [9.17, 15) is 19.2 Å². The Kier molecular flexibility index (Phi) is 13.0. The molecule has 0 saturated carbocycles. The molecule has 2 aliphatic rings. The van der Waals surface area contributed by atoms with Crippen LogP contribution in [0.1, 0.15) is 58.9 Å². The summed E-state index contributed by atoms with van der Waals surface area (Å²) in [5, 5.41) is 0. The maximum atomic E-state index is 14.8. The molecule has 5 rings (SSSR count). The van der Waals surface area contributed by atoms with Gasteiger partial charge in [0, 0.05) is 45.6 Å². The fourth-order valence-electron chi connectivity index (χ4n) is 6.77. The van der Waals surface area contributed by atoms with Crippen molar-refractivity contribution in [2.75, 3.05) is 69.5 Å². The van der Waals surface area contributed by atoms with Crippen molar-refractivity contribution in [1.29, 1.82) is 0 Å². The van der Waals surface area contributed by atoms with Gasteiger partial charge in [-0.3, -0.25) is 9.59 Å². The second-order valence-electron chi connectivity index (χ2n) is 14.1. The van der Waals surface area contributed by atoms with Gasteiger partial charge in [-0.25, -0.2) is 9.59 Å². The van der Waals surface area contributed by atoms with Crippen LogP contribution in [0.4, 0.5) is 16.2 Å². The van der Waals surface area contributed by atoms with Gasteiger partial charge in [0.25, 0.3) is 5.91 Å². The second kappa shape index (κ2) is 17.6. The number of hydrogen-bond donors (Lipinski definition) is 0. The normalized spacial score (nSPS) is 17.1. The summed E-state index contributed by atoms with van der Waals surface area (Å²) in [4.78, 5) is 57.8. The molecule has 0 aromatic heterocycles. The molecule has 2 atom stereocenters. The predicted octanol–water partition coefficient (Wildman–Crippen LogP) is 6.45. The Morgan fingerprint density at radius 3 is 2.45 bits per heavy atom. The first kappa shape index (κ1) is 39.1. The third-order valence-corrected chi connectivity index (χ3v) is 9.26. The first-order chi connectivity index (χ1) is 25.4. The number of piperidine rings is 1. The largest absolute Gasteiger partial charge is 0.482 e. The zero-order chi connectivity index (χ0) is 38.1. The van der Waals surface area contributed by atoms with Gasteiger partial charge in [0.05, 0.1) is 18.2 Å². The molecule has 3 aromatic rings. The quantitative estimate of drug-likeness (QED) is 0.144. The first-order valence-corrected chi connectivity index (χ1v) is 18.3. The molecule has 2 heterocycles. The van der Waals surface area contributed by atoms with E-state index < -0.39 is 23.6 Å². The van der Waals surface area contributed by atoms with E-state index in [1.165, 1.54) is 0 Å². The molecule has 1 fully saturated rings. The number of methoxy groups -OCH3 is 1. The highest BCUT2D eigenvalue weighted by Gasteiger charge is 2.40. The number of nitrogens with zero attached hydrogens (tertiary/aromatic N) is 3. The predicted molar refractivity (Wildman–Crippen MR) is 201 cm³/mol. The SMILES string of the molecule is CCOC(=O)COc1ccc(-c2cccc([C@H]3CCN(C(=O)OC(C)(C)C)C[C@@H]3C(=O)N(CC)c3ccc4c(c3)N(CCCOC)C(=O)CO4)c2)cc1. The number of esters is 1. The van der Waals surface area contributed by atoms with Crippen molar-refractivity contribution in [3.8, 4) is 22.6 Å². The number of carbonyl (C=O) groups is 4. The Hall–Kier alpha value is -5.10. The van der Waals surface area contributed by atoms with Crippen molar-refractivity contribution in [1.82, 2.24) is 4.90 Å². The lowest BCUT2D eigenvalue weighted by Gasteiger charge is -2.40. The van der Waals surface area contributed by atoms with E-state index in [1.54, 1.807) is 34.8 Å². The van der Waals surface area contributed by atoms with Gasteiger partial charge in [0.2, 0.25) is 5.91 Å². The summed E-state index contributed by atoms with van der Waals surface area (Å²) in [7, 11) is 1.63. The van der Waals surface area contributed by atoms with Crippen LogP contribution in [0.3, 0.4) is 0 Å². The summed E-state index contributed by atoms with van der Waals surface area (Å²) < 4.78 is 27.2. The third kappa shape index (κ3) is 9.87. The number of carbonyl (C=O) groups excluding carboxylic acids is 4. The Balaban J connectivity index is 1.44. The molecule has 53 heavy (non-hydrogen) atoms. The molecule has 3 aromatic carbocycles. The van der Waals surface area contributed by atoms with Crippen LogP contribution in [0.25, 0.3) is 11.1 Å². The average molecular weight is 730 g/mol. The smallest absolute Gasteiger partial charge is 0.410 e. The highest BCUT2D eigenvalue weighted by molar-refractivity contribution is 6.01. The minimum Gasteiger partial charge on any atom is -0.482 e. The number of benzene rings is 3. The first-order valence-electron chi connectivity index (χ1n) is 18.3. The molecular weight excluding hydrogens is 678 g/mol. The lowest BCUT2D eigenvalue weighted by atomic mass is 9.79. The summed E-state index contributed by atoms with van der Waals surface area (Å²) in [5.74, 6) is -0.367. The summed E-state index contributed by atoms with van der Waals surface area (Å²) in [6.45, 7) is 11.2. The molecule has 284 valence electrons. The van der Waals surface area contributed by atoms with Crippen molar-refractivity contribution in [2.45, 2.75) is 59.0 Å². The van der Waals surface area contributed by atoms with Crippen LogP contribution >= 0.6 is 0 Å². The maximum Gasteiger partial charge on any atom is 0.410 e. The number of anilines is 2. The molecule has 3 amide bonds. The van der Waals surface area contributed by atoms with Gasteiger partial charge in [0.15, 0.2) is 13.2 Å². The highest BCUT2D eigenvalue weighted by Crippen LogP contribution is 2.40. The molecular formula is C41H51N3O9. The van der Waals surface area contributed by atoms with E-state index in [2.05, 4.69) is 6.07 Å². The van der Waals surface area contributed by atoms with Gasteiger partial charge in [0.1, 0.15) is 17.1 Å². The number of rotatable bonds is 13. The van der Waals surface area contributed by atoms with Crippen LogP contribution in [0, 0.1) is 5.92 Å². The summed E-state index contributed by atoms with van der Waals surface area (Å²) >= 11 is 0. The van der Waals surface area contributed by atoms with E-state index >= 15 is 0 Å². The Bertz CT molecular complexity index is 1750. The minimum atomic E-state index is -0.686. The number of likely N-dealkylation sites (tertiary alicyclic amines) is 1. The molecule has 2 aliphatic heterocycles. The number of fused-ring (bicyclic) bond motifs is 1. The Morgan fingerprint density at radius 1 is 0.981 bits per heavy atom. The number of hydrogen-bond acceptors (Lipinski definition) is 9. The standard InChI is InChI=1S/C41H51N3O9/c1-7-43(31-15-18-36-35(24-31)44(20-10-22-49-6)37(45)26-52-36)39(47)34-25-42(40(48)53-41(3,4)5)21-19-33(34)30-12-9-11-29(23-30)28-13-16-32(17-14-28)51-27-38(46)50-8-2/h9,11-18,23-24,33-34H,7-8,10,19-22,25-27H2,1-6H3/t33-,34+/m1/s1. The van der Waals surface area contributed by atoms with E-state index in [4.69, 9.17) is 23.7 Å². The van der Waals surface area contributed by atoms with Crippen LogP contribution in [0.2, 0.25) is 0 Å². The highest BCUT2D eigenvalue weighted by atomic mass is 16.6. The van der Waals surface area contributed by atoms with Gasteiger partial charge in [-0.05, 0) is 100 Å². The molecule has 12 heteroatoms. The van der Waals surface area contributed by atoms with E-state index in [0.29, 0.717) is 68.6 Å².